The summed E-state index contributed by atoms with van der Waals surface area (Å²) < 4.78 is 7.09. The van der Waals surface area contributed by atoms with Crippen LogP contribution in [0.2, 0.25) is 0 Å². The van der Waals surface area contributed by atoms with Gasteiger partial charge in [0.15, 0.2) is 0 Å². The fourth-order valence-electron chi connectivity index (χ4n) is 1.88. The van der Waals surface area contributed by atoms with E-state index in [2.05, 4.69) is 5.10 Å². The molecule has 0 saturated carbocycles. The third-order valence-corrected chi connectivity index (χ3v) is 2.74. The van der Waals surface area contributed by atoms with Crippen LogP contribution < -0.4 is 10.5 Å². The predicted molar refractivity (Wildman–Crippen MR) is 66.8 cm³/mol. The Balaban J connectivity index is 2.16. The first-order chi connectivity index (χ1) is 8.20. The second kappa shape index (κ2) is 5.01. The molecule has 4 heteroatoms. The topological polar surface area (TPSA) is 53.1 Å². The first-order valence-corrected chi connectivity index (χ1v) is 5.57. The average molecular weight is 231 g/mol. The summed E-state index contributed by atoms with van der Waals surface area (Å²) in [6, 6.07) is 9.71. The number of hydrogen-bond donors (Lipinski definition) is 1. The van der Waals surface area contributed by atoms with Gasteiger partial charge >= 0.3 is 0 Å². The maximum Gasteiger partial charge on any atom is 0.123 e. The maximum absolute atomic E-state index is 6.18. The highest BCUT2D eigenvalue weighted by atomic mass is 16.5. The largest absolute Gasteiger partial charge is 0.496 e. The Kier molecular flexibility index (Phi) is 3.44. The second-order valence-electron chi connectivity index (χ2n) is 4.03. The number of aryl methyl sites for hydroxylation is 1. The number of benzene rings is 1. The summed E-state index contributed by atoms with van der Waals surface area (Å²) in [5.41, 5.74) is 8.19. The number of ether oxygens (including phenoxy) is 1. The molecule has 0 spiro atoms. The molecule has 4 nitrogen and oxygen atoms in total. The van der Waals surface area contributed by atoms with E-state index in [0.717, 1.165) is 17.0 Å². The van der Waals surface area contributed by atoms with Crippen molar-refractivity contribution in [3.63, 3.8) is 0 Å². The molecule has 1 heterocycles. The molecule has 0 aliphatic rings. The van der Waals surface area contributed by atoms with Gasteiger partial charge in [-0.2, -0.15) is 5.10 Å². The van der Waals surface area contributed by atoms with Gasteiger partial charge in [0.05, 0.1) is 12.8 Å². The number of para-hydroxylation sites is 1. The highest BCUT2D eigenvalue weighted by molar-refractivity contribution is 5.36. The molecule has 1 aromatic heterocycles. The van der Waals surface area contributed by atoms with Gasteiger partial charge in [0.2, 0.25) is 0 Å². The van der Waals surface area contributed by atoms with Gasteiger partial charge in [-0.05, 0) is 12.1 Å². The zero-order valence-corrected chi connectivity index (χ0v) is 10.1. The van der Waals surface area contributed by atoms with Crippen LogP contribution in [-0.2, 0) is 13.5 Å². The molecule has 0 fully saturated rings. The minimum atomic E-state index is -0.0963. The van der Waals surface area contributed by atoms with E-state index in [1.54, 1.807) is 11.8 Å². The molecule has 2 N–H and O–H groups in total. The van der Waals surface area contributed by atoms with E-state index < -0.39 is 0 Å². The fraction of sp³-hybridized carbons (Fsp3) is 0.308. The van der Waals surface area contributed by atoms with Crippen LogP contribution in [-0.4, -0.2) is 16.9 Å². The van der Waals surface area contributed by atoms with Crippen molar-refractivity contribution in [3.05, 3.63) is 47.8 Å². The summed E-state index contributed by atoms with van der Waals surface area (Å²) >= 11 is 0. The van der Waals surface area contributed by atoms with Crippen molar-refractivity contribution in [2.75, 3.05) is 7.11 Å². The zero-order valence-electron chi connectivity index (χ0n) is 10.1. The van der Waals surface area contributed by atoms with Crippen molar-refractivity contribution in [2.24, 2.45) is 12.8 Å². The smallest absolute Gasteiger partial charge is 0.123 e. The lowest BCUT2D eigenvalue weighted by Gasteiger charge is -2.14. The van der Waals surface area contributed by atoms with Crippen LogP contribution in [0.4, 0.5) is 0 Å². The summed E-state index contributed by atoms with van der Waals surface area (Å²) in [6.07, 6.45) is 2.63. The standard InChI is InChI=1S/C13H17N3O/c1-16-8-7-10(15-16)9-12(14)11-5-3-4-6-13(11)17-2/h3-8,12H,9,14H2,1-2H3. The first-order valence-electron chi connectivity index (χ1n) is 5.57. The molecule has 1 unspecified atom stereocenters. The molecule has 0 amide bonds. The summed E-state index contributed by atoms with van der Waals surface area (Å²) in [4.78, 5) is 0. The predicted octanol–water partition coefficient (Wildman–Crippen LogP) is 1.67. The van der Waals surface area contributed by atoms with Gasteiger partial charge in [-0.25, -0.2) is 0 Å². The van der Waals surface area contributed by atoms with Crippen molar-refractivity contribution in [3.8, 4) is 5.75 Å². The quantitative estimate of drug-likeness (QED) is 0.870. The molecule has 90 valence electrons. The van der Waals surface area contributed by atoms with Gasteiger partial charge in [-0.1, -0.05) is 18.2 Å². The van der Waals surface area contributed by atoms with Gasteiger partial charge in [-0.15, -0.1) is 0 Å². The summed E-state index contributed by atoms with van der Waals surface area (Å²) in [5.74, 6) is 0.830. The van der Waals surface area contributed by atoms with Crippen LogP contribution in [0.1, 0.15) is 17.3 Å². The van der Waals surface area contributed by atoms with E-state index in [4.69, 9.17) is 10.5 Å². The van der Waals surface area contributed by atoms with Crippen LogP contribution >= 0.6 is 0 Å². The Bertz CT molecular complexity index is 493. The monoisotopic (exact) mass is 231 g/mol. The molecule has 0 aliphatic heterocycles. The van der Waals surface area contributed by atoms with Crippen LogP contribution in [0.15, 0.2) is 36.5 Å². The van der Waals surface area contributed by atoms with E-state index in [9.17, 15) is 0 Å². The molecule has 0 bridgehead atoms. The van der Waals surface area contributed by atoms with Gasteiger partial charge < -0.3 is 10.5 Å². The zero-order chi connectivity index (χ0) is 12.3. The fourth-order valence-corrected chi connectivity index (χ4v) is 1.88. The Morgan fingerprint density at radius 1 is 1.35 bits per heavy atom. The van der Waals surface area contributed by atoms with Gasteiger partial charge in [0.1, 0.15) is 5.75 Å². The summed E-state index contributed by atoms with van der Waals surface area (Å²) in [6.45, 7) is 0. The lowest BCUT2D eigenvalue weighted by atomic mass is 10.0. The molecule has 2 rings (SSSR count). The van der Waals surface area contributed by atoms with Crippen molar-refractivity contribution < 1.29 is 4.74 Å². The van der Waals surface area contributed by atoms with Crippen LogP contribution in [0.5, 0.6) is 5.75 Å². The van der Waals surface area contributed by atoms with E-state index in [-0.39, 0.29) is 6.04 Å². The van der Waals surface area contributed by atoms with Crippen molar-refractivity contribution in [1.29, 1.82) is 0 Å². The molecule has 1 aromatic carbocycles. The normalized spacial score (nSPS) is 12.4. The molecule has 2 aromatic rings. The summed E-state index contributed by atoms with van der Waals surface area (Å²) in [5, 5.41) is 4.33. The SMILES string of the molecule is COc1ccccc1C(N)Cc1ccn(C)n1. The van der Waals surface area contributed by atoms with E-state index in [0.29, 0.717) is 6.42 Å². The highest BCUT2D eigenvalue weighted by Crippen LogP contribution is 2.25. The van der Waals surface area contributed by atoms with Gasteiger partial charge in [-0.3, -0.25) is 4.68 Å². The molecular weight excluding hydrogens is 214 g/mol. The Labute approximate surface area is 101 Å². The van der Waals surface area contributed by atoms with Crippen molar-refractivity contribution >= 4 is 0 Å². The molecule has 1 atom stereocenters. The van der Waals surface area contributed by atoms with Gasteiger partial charge in [0.25, 0.3) is 0 Å². The Morgan fingerprint density at radius 3 is 2.76 bits per heavy atom. The lowest BCUT2D eigenvalue weighted by molar-refractivity contribution is 0.405. The Hall–Kier alpha value is -1.81. The number of aromatic nitrogens is 2. The highest BCUT2D eigenvalue weighted by Gasteiger charge is 2.13. The number of hydrogen-bond acceptors (Lipinski definition) is 3. The molecular formula is C13H17N3O. The van der Waals surface area contributed by atoms with E-state index in [1.165, 1.54) is 0 Å². The Morgan fingerprint density at radius 2 is 2.12 bits per heavy atom. The van der Waals surface area contributed by atoms with Crippen molar-refractivity contribution in [2.45, 2.75) is 12.5 Å². The van der Waals surface area contributed by atoms with Crippen LogP contribution in [0, 0.1) is 0 Å². The number of nitrogens with zero attached hydrogens (tertiary/aromatic N) is 2. The lowest BCUT2D eigenvalue weighted by Crippen LogP contribution is -2.14. The number of nitrogens with two attached hydrogens (primary N) is 1. The first kappa shape index (κ1) is 11.7. The average Bonchev–Trinajstić information content (AvgIpc) is 2.74. The summed E-state index contributed by atoms with van der Waals surface area (Å²) in [7, 11) is 3.56. The van der Waals surface area contributed by atoms with Gasteiger partial charge in [0, 0.05) is 31.3 Å². The molecule has 17 heavy (non-hydrogen) atoms. The van der Waals surface area contributed by atoms with Crippen LogP contribution in [0.25, 0.3) is 0 Å². The minimum Gasteiger partial charge on any atom is -0.496 e. The third-order valence-electron chi connectivity index (χ3n) is 2.74. The number of methoxy groups -OCH3 is 1. The van der Waals surface area contributed by atoms with Crippen LogP contribution in [0.3, 0.4) is 0 Å². The maximum atomic E-state index is 6.18. The second-order valence-corrected chi connectivity index (χ2v) is 4.03. The number of rotatable bonds is 4. The molecule has 0 radical (unpaired) electrons. The molecule has 0 aliphatic carbocycles. The molecule has 0 saturated heterocycles. The van der Waals surface area contributed by atoms with E-state index >= 15 is 0 Å². The third kappa shape index (κ3) is 2.65. The van der Waals surface area contributed by atoms with E-state index in [1.807, 2.05) is 43.6 Å². The van der Waals surface area contributed by atoms with Crippen molar-refractivity contribution in [1.82, 2.24) is 9.78 Å². The minimum absolute atomic E-state index is 0.0963.